The fourth-order valence-corrected chi connectivity index (χ4v) is 12.5. The molecular formula is C90H108N6+6. The van der Waals surface area contributed by atoms with Crippen molar-refractivity contribution < 1.29 is 35.6 Å². The third-order valence-electron chi connectivity index (χ3n) is 18.8. The predicted octanol–water partition coefficient (Wildman–Crippen LogP) is 18.6. The lowest BCUT2D eigenvalue weighted by Gasteiger charge is -2.09. The summed E-state index contributed by atoms with van der Waals surface area (Å²) in [5.74, 6) is 0. The molecule has 0 unspecified atom stereocenters. The highest BCUT2D eigenvalue weighted by molar-refractivity contribution is 5.70. The van der Waals surface area contributed by atoms with Gasteiger partial charge in [-0.3, -0.25) is 0 Å². The molecule has 0 aliphatic carbocycles. The fraction of sp³-hybridized carbons (Fsp3) is 0.267. The molecule has 0 radical (unpaired) electrons. The Morgan fingerprint density at radius 2 is 0.531 bits per heavy atom. The Labute approximate surface area is 586 Å². The zero-order chi connectivity index (χ0) is 75.2. The van der Waals surface area contributed by atoms with Crippen molar-refractivity contribution >= 4 is 0 Å². The van der Waals surface area contributed by atoms with Gasteiger partial charge in [-0.1, -0.05) is 96.1 Å². The van der Waals surface area contributed by atoms with E-state index in [4.69, 9.17) is 8.22 Å². The Morgan fingerprint density at radius 1 is 0.240 bits per heavy atom. The topological polar surface area (TPSA) is 23.3 Å². The van der Waals surface area contributed by atoms with Crippen LogP contribution in [0.15, 0.2) is 219 Å². The molecule has 96 heavy (non-hydrogen) atoms. The zero-order valence-electron chi connectivity index (χ0n) is 67.5. The van der Waals surface area contributed by atoms with Crippen molar-refractivity contribution in [2.75, 3.05) is 0 Å². The van der Waals surface area contributed by atoms with Gasteiger partial charge < -0.3 is 0 Å². The van der Waals surface area contributed by atoms with E-state index in [1.807, 2.05) is 83.4 Å². The lowest BCUT2D eigenvalue weighted by atomic mass is 9.97. The van der Waals surface area contributed by atoms with Gasteiger partial charge in [0.25, 0.3) is 0 Å². The quantitative estimate of drug-likeness (QED) is 0.148. The van der Waals surface area contributed by atoms with Gasteiger partial charge in [-0.05, 0) is 213 Å². The highest BCUT2D eigenvalue weighted by Gasteiger charge is 2.21. The first kappa shape index (κ1) is 64.9. The van der Waals surface area contributed by atoms with Gasteiger partial charge in [0, 0.05) is 130 Å². The van der Waals surface area contributed by atoms with Crippen LogP contribution in [0.3, 0.4) is 0 Å². The summed E-state index contributed by atoms with van der Waals surface area (Å²) in [7, 11) is 12.5. The number of benzene rings is 6. The molecule has 0 saturated heterocycles. The summed E-state index contributed by atoms with van der Waals surface area (Å²) >= 11 is 0. The Bertz CT molecular complexity index is 4620. The molecule has 0 amide bonds. The first-order valence-electron chi connectivity index (χ1n) is 36.3. The maximum atomic E-state index is 7.60. The minimum atomic E-state index is -2.07. The van der Waals surface area contributed by atoms with E-state index in [0.29, 0.717) is 11.1 Å². The fourth-order valence-electron chi connectivity index (χ4n) is 12.5. The molecule has 12 rings (SSSR count). The van der Waals surface area contributed by atoms with Crippen LogP contribution < -0.4 is 27.4 Å². The maximum absolute atomic E-state index is 7.60. The molecular weight excluding hydrogens is 1170 g/mol. The summed E-state index contributed by atoms with van der Waals surface area (Å²) in [5.41, 5.74) is 35.6. The van der Waals surface area contributed by atoms with Crippen LogP contribution in [0.4, 0.5) is 0 Å². The Morgan fingerprint density at radius 3 is 0.875 bits per heavy atom. The molecule has 492 valence electrons. The van der Waals surface area contributed by atoms with E-state index in [9.17, 15) is 0 Å². The van der Waals surface area contributed by atoms with Crippen molar-refractivity contribution in [1.29, 1.82) is 0 Å². The number of aryl methyl sites for hydroxylation is 18. The van der Waals surface area contributed by atoms with Crippen LogP contribution >= 0.6 is 0 Å². The molecule has 0 saturated carbocycles. The summed E-state index contributed by atoms with van der Waals surface area (Å²) in [6, 6.07) is 70.3. The van der Waals surface area contributed by atoms with Crippen LogP contribution in [0.25, 0.3) is 67.5 Å². The van der Waals surface area contributed by atoms with E-state index in [0.717, 1.165) is 45.0 Å². The van der Waals surface area contributed by atoms with E-state index in [1.165, 1.54) is 112 Å². The zero-order valence-corrected chi connectivity index (χ0v) is 61.5. The van der Waals surface area contributed by atoms with Gasteiger partial charge in [-0.15, -0.1) is 0 Å². The number of nitrogens with zero attached hydrogens (tertiary/aromatic N) is 6. The summed E-state index contributed by atoms with van der Waals surface area (Å²) in [4.78, 5) is 0. The minimum Gasteiger partial charge on any atom is -0.201 e. The number of aromatic nitrogens is 6. The van der Waals surface area contributed by atoms with Crippen molar-refractivity contribution in [3.8, 4) is 67.5 Å². The average Bonchev–Trinajstić information content (AvgIpc) is 0.859. The van der Waals surface area contributed by atoms with Gasteiger partial charge in [0.1, 0.15) is 42.3 Å². The molecule has 0 bridgehead atoms. The lowest BCUT2D eigenvalue weighted by Crippen LogP contribution is -2.34. The highest BCUT2D eigenvalue weighted by atomic mass is 15.0. The second kappa shape index (κ2) is 33.6. The van der Waals surface area contributed by atoms with Crippen LogP contribution in [0.2, 0.25) is 0 Å². The highest BCUT2D eigenvalue weighted by Crippen LogP contribution is 2.30. The van der Waals surface area contributed by atoms with Gasteiger partial charge >= 0.3 is 0 Å². The summed E-state index contributed by atoms with van der Waals surface area (Å²) in [6.45, 7) is 29.8. The molecule has 6 heteroatoms. The molecule has 0 aliphatic heterocycles. The van der Waals surface area contributed by atoms with Crippen molar-refractivity contribution in [3.63, 3.8) is 0 Å². The van der Waals surface area contributed by atoms with Crippen LogP contribution in [0.1, 0.15) is 109 Å². The van der Waals surface area contributed by atoms with Crippen LogP contribution in [-0.2, 0) is 42.3 Å². The van der Waals surface area contributed by atoms with Crippen molar-refractivity contribution in [1.82, 2.24) is 0 Å². The molecule has 6 aromatic carbocycles. The van der Waals surface area contributed by atoms with Crippen LogP contribution in [0.5, 0.6) is 0 Å². The third-order valence-corrected chi connectivity index (χ3v) is 18.8. The second-order valence-electron chi connectivity index (χ2n) is 25.9. The van der Waals surface area contributed by atoms with Gasteiger partial charge in [0.2, 0.25) is 34.2 Å². The van der Waals surface area contributed by atoms with Crippen molar-refractivity contribution in [2.45, 2.75) is 124 Å². The van der Waals surface area contributed by atoms with Crippen LogP contribution in [-0.4, -0.2) is 0 Å². The van der Waals surface area contributed by atoms with E-state index in [-0.39, 0.29) is 0 Å². The SMILES string of the molecule is Cc1ccc(-c2cccc(C)[n+]2C)c(C)c1.Cc1cccc(-c2cccc(C)[n+]2C)c1C.Cc1cccc(C)c1-c1c(C)ccc[n+]1C.Cc1cccc(C)c1-c1c(C)ccc[n+]1C.[2H]C([2H])([2H])c1ccc(-c2cccc(C)[n+]2C)c(C)c1.[2H]C([2H])([2H])c1cccc(-c2cccc(C)[n+]2C)c1C. The van der Waals surface area contributed by atoms with Crippen LogP contribution in [0, 0.1) is 124 Å². The van der Waals surface area contributed by atoms with Crippen molar-refractivity contribution in [2.24, 2.45) is 42.3 Å². The van der Waals surface area contributed by atoms with E-state index < -0.39 is 13.7 Å². The lowest BCUT2D eigenvalue weighted by molar-refractivity contribution is -0.666. The van der Waals surface area contributed by atoms with Gasteiger partial charge in [0.05, 0.1) is 11.1 Å². The largest absolute Gasteiger partial charge is 0.215 e. The standard InChI is InChI=1S/6C15H18N/c2*1-11-7-5-9-14(13(11)3)15-10-6-8-12(2)16(15)4;2*1-11-7-5-8-12(2)14(11)15-13(3)9-6-10-16(15)4;2*1-11-8-9-14(12(2)10-11)15-7-5-6-13(3)16(15)4/h6*5-10H,1-4H3/q6*+1/i1D3;;;;1D3;. The number of rotatable bonds is 6. The average molecular weight is 1280 g/mol. The molecule has 12 aromatic rings. The van der Waals surface area contributed by atoms with E-state index in [1.54, 1.807) is 18.2 Å². The molecule has 0 spiro atoms. The maximum Gasteiger partial charge on any atom is 0.215 e. The molecule has 0 N–H and O–H groups in total. The molecule has 0 fully saturated rings. The molecule has 0 aliphatic rings. The normalized spacial score (nSPS) is 11.7. The Hall–Kier alpha value is -9.78. The smallest absolute Gasteiger partial charge is 0.201 e. The summed E-state index contributed by atoms with van der Waals surface area (Å²) in [6.07, 6.45) is 4.21. The van der Waals surface area contributed by atoms with Crippen molar-refractivity contribution in [3.05, 3.63) is 319 Å². The van der Waals surface area contributed by atoms with Gasteiger partial charge in [0.15, 0.2) is 35.2 Å². The summed E-state index contributed by atoms with van der Waals surface area (Å²) < 4.78 is 58.2. The number of hydrogen-bond acceptors (Lipinski definition) is 0. The van der Waals surface area contributed by atoms with Gasteiger partial charge in [-0.25, -0.2) is 9.13 Å². The first-order valence-corrected chi connectivity index (χ1v) is 33.3. The first-order chi connectivity index (χ1) is 48.0. The molecule has 6 heterocycles. The monoisotopic (exact) mass is 1280 g/mol. The van der Waals surface area contributed by atoms with E-state index >= 15 is 0 Å². The summed E-state index contributed by atoms with van der Waals surface area (Å²) in [5, 5.41) is 0. The third kappa shape index (κ3) is 18.0. The Balaban J connectivity index is 0.000000172. The number of pyridine rings is 6. The second-order valence-corrected chi connectivity index (χ2v) is 25.9. The van der Waals surface area contributed by atoms with Gasteiger partial charge in [-0.2, -0.15) is 18.3 Å². The molecule has 0 atom stereocenters. The van der Waals surface area contributed by atoms with E-state index in [2.05, 4.69) is 298 Å². The number of hydrogen-bond donors (Lipinski definition) is 0. The molecule has 6 aromatic heterocycles. The predicted molar refractivity (Wildman–Crippen MR) is 404 cm³/mol. The molecule has 6 nitrogen and oxygen atoms in total. The minimum absolute atomic E-state index is 0.393. The Kier molecular flexibility index (Phi) is 22.7.